The Morgan fingerprint density at radius 2 is 1.81 bits per heavy atom. The molecule has 1 heteroatoms. The zero-order valence-corrected chi connectivity index (χ0v) is 13.3. The lowest BCUT2D eigenvalue weighted by atomic mass is 9.86. The summed E-state index contributed by atoms with van der Waals surface area (Å²) in [5.74, 6) is 0. The Hall–Kier alpha value is -1.60. The van der Waals surface area contributed by atoms with Gasteiger partial charge in [-0.1, -0.05) is 69.3 Å². The van der Waals surface area contributed by atoms with E-state index < -0.39 is 0 Å². The second-order valence-electron chi connectivity index (χ2n) is 6.78. The van der Waals surface area contributed by atoms with Crippen molar-refractivity contribution in [1.29, 1.82) is 0 Å². The molecular formula is C20H25N. The minimum Gasteiger partial charge on any atom is -0.310 e. The highest BCUT2D eigenvalue weighted by Gasteiger charge is 2.36. The zero-order chi connectivity index (χ0) is 14.9. The largest absolute Gasteiger partial charge is 0.310 e. The molecule has 0 bridgehead atoms. The Morgan fingerprint density at radius 3 is 2.52 bits per heavy atom. The molecule has 1 unspecified atom stereocenters. The maximum absolute atomic E-state index is 3.65. The molecule has 110 valence electrons. The first-order chi connectivity index (χ1) is 10.1. The predicted octanol–water partition coefficient (Wildman–Crippen LogP) is 4.61. The van der Waals surface area contributed by atoms with E-state index >= 15 is 0 Å². The summed E-state index contributed by atoms with van der Waals surface area (Å²) in [6, 6.07) is 18.3. The summed E-state index contributed by atoms with van der Waals surface area (Å²) in [6.07, 6.45) is 2.22. The quantitative estimate of drug-likeness (QED) is 0.862. The normalized spacial score (nSPS) is 19.5. The SMILES string of the molecule is CCNC1CC(C)(C)c2ccc(Cc3ccccc3)cc21. The van der Waals surface area contributed by atoms with Crippen LogP contribution in [0.15, 0.2) is 48.5 Å². The van der Waals surface area contributed by atoms with Crippen LogP contribution in [0.25, 0.3) is 0 Å². The smallest absolute Gasteiger partial charge is 0.0331 e. The summed E-state index contributed by atoms with van der Waals surface area (Å²) in [4.78, 5) is 0. The Bertz CT molecular complexity index is 613. The summed E-state index contributed by atoms with van der Waals surface area (Å²) in [5.41, 5.74) is 6.11. The molecule has 0 fully saturated rings. The van der Waals surface area contributed by atoms with Gasteiger partial charge in [-0.3, -0.25) is 0 Å². The summed E-state index contributed by atoms with van der Waals surface area (Å²) in [5, 5.41) is 3.65. The van der Waals surface area contributed by atoms with E-state index in [1.165, 1.54) is 28.7 Å². The van der Waals surface area contributed by atoms with Crippen molar-refractivity contribution in [2.45, 2.75) is 45.1 Å². The molecule has 0 aromatic heterocycles. The molecule has 1 aliphatic rings. The lowest BCUT2D eigenvalue weighted by molar-refractivity contribution is 0.434. The summed E-state index contributed by atoms with van der Waals surface area (Å²) in [6.45, 7) is 7.95. The number of rotatable bonds is 4. The fourth-order valence-electron chi connectivity index (χ4n) is 3.62. The number of nitrogens with one attached hydrogen (secondary N) is 1. The van der Waals surface area contributed by atoms with E-state index in [-0.39, 0.29) is 5.41 Å². The second-order valence-corrected chi connectivity index (χ2v) is 6.78. The third-order valence-corrected chi connectivity index (χ3v) is 4.64. The highest BCUT2D eigenvalue weighted by Crippen LogP contribution is 2.44. The van der Waals surface area contributed by atoms with Gasteiger partial charge < -0.3 is 5.32 Å². The fraction of sp³-hybridized carbons (Fsp3) is 0.400. The zero-order valence-electron chi connectivity index (χ0n) is 13.3. The van der Waals surface area contributed by atoms with Gasteiger partial charge in [0.2, 0.25) is 0 Å². The van der Waals surface area contributed by atoms with Crippen LogP contribution in [0, 0.1) is 0 Å². The first kappa shape index (κ1) is 14.3. The minimum atomic E-state index is 0.285. The maximum Gasteiger partial charge on any atom is 0.0331 e. The molecule has 0 aliphatic heterocycles. The van der Waals surface area contributed by atoms with E-state index in [4.69, 9.17) is 0 Å². The van der Waals surface area contributed by atoms with Crippen molar-refractivity contribution in [3.8, 4) is 0 Å². The highest BCUT2D eigenvalue weighted by molar-refractivity contribution is 5.44. The number of fused-ring (bicyclic) bond motifs is 1. The van der Waals surface area contributed by atoms with E-state index in [0.29, 0.717) is 6.04 Å². The van der Waals surface area contributed by atoms with E-state index in [1.54, 1.807) is 0 Å². The fourth-order valence-corrected chi connectivity index (χ4v) is 3.62. The summed E-state index contributed by atoms with van der Waals surface area (Å²) >= 11 is 0. The third-order valence-electron chi connectivity index (χ3n) is 4.64. The molecule has 2 aromatic rings. The standard InChI is InChI=1S/C20H25N/c1-4-21-19-14-20(2,3)18-11-10-16(13-17(18)19)12-15-8-6-5-7-9-15/h5-11,13,19,21H,4,12,14H2,1-3H3. The van der Waals surface area contributed by atoms with Crippen LogP contribution in [-0.4, -0.2) is 6.54 Å². The average Bonchev–Trinajstić information content (AvgIpc) is 2.71. The molecule has 0 heterocycles. The number of benzene rings is 2. The first-order valence-corrected chi connectivity index (χ1v) is 8.01. The van der Waals surface area contributed by atoms with E-state index in [9.17, 15) is 0 Å². The van der Waals surface area contributed by atoms with Gasteiger partial charge in [0.1, 0.15) is 0 Å². The first-order valence-electron chi connectivity index (χ1n) is 8.01. The van der Waals surface area contributed by atoms with Gasteiger partial charge in [-0.25, -0.2) is 0 Å². The van der Waals surface area contributed by atoms with Crippen molar-refractivity contribution in [2.75, 3.05) is 6.54 Å². The van der Waals surface area contributed by atoms with Gasteiger partial charge in [-0.2, -0.15) is 0 Å². The summed E-state index contributed by atoms with van der Waals surface area (Å²) < 4.78 is 0. The van der Waals surface area contributed by atoms with Crippen molar-refractivity contribution in [2.24, 2.45) is 0 Å². The molecule has 1 nitrogen and oxygen atoms in total. The van der Waals surface area contributed by atoms with Gasteiger partial charge in [0, 0.05) is 6.04 Å². The Balaban J connectivity index is 1.91. The van der Waals surface area contributed by atoms with Crippen LogP contribution in [-0.2, 0) is 11.8 Å². The molecule has 0 spiro atoms. The van der Waals surface area contributed by atoms with E-state index in [0.717, 1.165) is 13.0 Å². The predicted molar refractivity (Wildman–Crippen MR) is 89.8 cm³/mol. The molecule has 0 saturated carbocycles. The van der Waals surface area contributed by atoms with Crippen LogP contribution in [0.5, 0.6) is 0 Å². The maximum atomic E-state index is 3.65. The van der Waals surface area contributed by atoms with Gasteiger partial charge in [0.25, 0.3) is 0 Å². The number of hydrogen-bond acceptors (Lipinski definition) is 1. The molecular weight excluding hydrogens is 254 g/mol. The molecule has 1 N–H and O–H groups in total. The van der Waals surface area contributed by atoms with Gasteiger partial charge in [0.05, 0.1) is 0 Å². The molecule has 0 saturated heterocycles. The van der Waals surface area contributed by atoms with Crippen LogP contribution < -0.4 is 5.32 Å². The third kappa shape index (κ3) is 2.89. The second kappa shape index (κ2) is 5.65. The Kier molecular flexibility index (Phi) is 3.86. The monoisotopic (exact) mass is 279 g/mol. The van der Waals surface area contributed by atoms with Crippen molar-refractivity contribution >= 4 is 0 Å². The van der Waals surface area contributed by atoms with E-state index in [1.807, 2.05) is 0 Å². The Labute approximate surface area is 128 Å². The van der Waals surface area contributed by atoms with Gasteiger partial charge in [-0.05, 0) is 47.1 Å². The highest BCUT2D eigenvalue weighted by atomic mass is 14.9. The van der Waals surface area contributed by atoms with Crippen molar-refractivity contribution in [3.63, 3.8) is 0 Å². The van der Waals surface area contributed by atoms with Crippen molar-refractivity contribution < 1.29 is 0 Å². The van der Waals surface area contributed by atoms with Crippen LogP contribution in [0.4, 0.5) is 0 Å². The molecule has 0 amide bonds. The molecule has 0 radical (unpaired) electrons. The molecule has 1 aliphatic carbocycles. The van der Waals surface area contributed by atoms with Crippen molar-refractivity contribution in [3.05, 3.63) is 70.8 Å². The van der Waals surface area contributed by atoms with Crippen LogP contribution in [0.3, 0.4) is 0 Å². The van der Waals surface area contributed by atoms with Gasteiger partial charge >= 0.3 is 0 Å². The molecule has 3 rings (SSSR count). The van der Waals surface area contributed by atoms with Crippen LogP contribution >= 0.6 is 0 Å². The van der Waals surface area contributed by atoms with Gasteiger partial charge in [0.15, 0.2) is 0 Å². The molecule has 1 atom stereocenters. The van der Waals surface area contributed by atoms with Crippen molar-refractivity contribution in [1.82, 2.24) is 5.32 Å². The van der Waals surface area contributed by atoms with E-state index in [2.05, 4.69) is 74.6 Å². The summed E-state index contributed by atoms with van der Waals surface area (Å²) in [7, 11) is 0. The molecule has 21 heavy (non-hydrogen) atoms. The lowest BCUT2D eigenvalue weighted by Crippen LogP contribution is -2.20. The number of hydrogen-bond donors (Lipinski definition) is 1. The van der Waals surface area contributed by atoms with Crippen LogP contribution in [0.1, 0.15) is 55.5 Å². The lowest BCUT2D eigenvalue weighted by Gasteiger charge is -2.19. The molecule has 2 aromatic carbocycles. The topological polar surface area (TPSA) is 12.0 Å². The minimum absolute atomic E-state index is 0.285. The van der Waals surface area contributed by atoms with Crippen LogP contribution in [0.2, 0.25) is 0 Å². The average molecular weight is 279 g/mol. The van der Waals surface area contributed by atoms with Gasteiger partial charge in [-0.15, -0.1) is 0 Å². The Morgan fingerprint density at radius 1 is 1.05 bits per heavy atom.